The Bertz CT molecular complexity index is 1030. The largest absolute Gasteiger partial charge is 0.484 e. The molecule has 3 rings (SSSR count). The highest BCUT2D eigenvalue weighted by molar-refractivity contribution is 5.85. The fraction of sp³-hybridized carbons (Fsp3) is 0.565. The number of pyridine rings is 1. The van der Waals surface area contributed by atoms with Gasteiger partial charge in [0.05, 0.1) is 11.1 Å². The molecule has 33 heavy (non-hydrogen) atoms. The number of likely N-dealkylation sites (N-methyl/N-ethyl adjacent to an activating group) is 1. The maximum Gasteiger partial charge on any atom is 0.417 e. The number of rotatable bonds is 8. The van der Waals surface area contributed by atoms with Gasteiger partial charge in [-0.15, -0.1) is 0 Å². The summed E-state index contributed by atoms with van der Waals surface area (Å²) in [5.41, 5.74) is -1.53. The van der Waals surface area contributed by atoms with Crippen molar-refractivity contribution in [2.75, 3.05) is 60.0 Å². The molecule has 1 aromatic carbocycles. The average molecular weight is 469 g/mol. The van der Waals surface area contributed by atoms with Gasteiger partial charge in [-0.3, -0.25) is 14.5 Å². The number of piperazine rings is 1. The predicted octanol–water partition coefficient (Wildman–Crippen LogP) is 2.51. The van der Waals surface area contributed by atoms with Crippen molar-refractivity contribution in [1.29, 1.82) is 0 Å². The molecule has 1 saturated heterocycles. The summed E-state index contributed by atoms with van der Waals surface area (Å²) in [6.07, 6.45) is -4.06. The Balaban J connectivity index is 1.70. The molecule has 7 nitrogen and oxygen atoms in total. The van der Waals surface area contributed by atoms with E-state index in [9.17, 15) is 22.8 Å². The molecule has 0 bridgehead atoms. The lowest BCUT2D eigenvalue weighted by Gasteiger charge is -2.35. The number of alkyl halides is 3. The predicted molar refractivity (Wildman–Crippen MR) is 121 cm³/mol. The highest BCUT2D eigenvalue weighted by Crippen LogP contribution is 2.35. The highest BCUT2D eigenvalue weighted by Gasteiger charge is 2.34. The van der Waals surface area contributed by atoms with Crippen LogP contribution in [0.25, 0.3) is 10.9 Å². The Morgan fingerprint density at radius 2 is 1.79 bits per heavy atom. The van der Waals surface area contributed by atoms with E-state index in [0.717, 1.165) is 26.2 Å². The quantitative estimate of drug-likeness (QED) is 0.596. The molecule has 1 aliphatic heterocycles. The number of benzene rings is 1. The lowest BCUT2D eigenvalue weighted by atomic mass is 10.1. The van der Waals surface area contributed by atoms with Gasteiger partial charge in [0.25, 0.3) is 11.5 Å². The second kappa shape index (κ2) is 10.6. The molecular formula is C23H31F3N4O3. The van der Waals surface area contributed by atoms with Crippen molar-refractivity contribution in [1.82, 2.24) is 19.3 Å². The first-order chi connectivity index (χ1) is 15.6. The Hall–Kier alpha value is -2.59. The third-order valence-electron chi connectivity index (χ3n) is 5.79. The van der Waals surface area contributed by atoms with E-state index >= 15 is 0 Å². The number of carbonyl (C=O) groups excluding carboxylic acids is 1. The summed E-state index contributed by atoms with van der Waals surface area (Å²) in [6.45, 7) is 6.62. The monoisotopic (exact) mass is 468 g/mol. The van der Waals surface area contributed by atoms with E-state index in [1.807, 2.05) is 21.0 Å². The van der Waals surface area contributed by atoms with E-state index in [-0.39, 0.29) is 35.7 Å². The summed E-state index contributed by atoms with van der Waals surface area (Å²) in [4.78, 5) is 31.1. The SMILES string of the molecule is CCCn1c(=O)cc(C(F)(F)F)c2ccc(OCC(=O)N3CCN(CCN(C)C)CC3)cc21. The van der Waals surface area contributed by atoms with Gasteiger partial charge in [0, 0.05) is 63.3 Å². The summed E-state index contributed by atoms with van der Waals surface area (Å²) in [5.74, 6) is 0.0846. The van der Waals surface area contributed by atoms with Gasteiger partial charge in [-0.05, 0) is 32.6 Å². The first-order valence-corrected chi connectivity index (χ1v) is 11.1. The highest BCUT2D eigenvalue weighted by atomic mass is 19.4. The Kier molecular flexibility index (Phi) is 8.01. The van der Waals surface area contributed by atoms with Gasteiger partial charge >= 0.3 is 6.18 Å². The zero-order valence-electron chi connectivity index (χ0n) is 19.3. The molecule has 0 spiro atoms. The van der Waals surface area contributed by atoms with Crippen LogP contribution in [0, 0.1) is 0 Å². The van der Waals surface area contributed by atoms with Crippen LogP contribution in [0.1, 0.15) is 18.9 Å². The second-order valence-electron chi connectivity index (χ2n) is 8.54. The molecule has 2 heterocycles. The maximum atomic E-state index is 13.5. The van der Waals surface area contributed by atoms with Gasteiger partial charge in [-0.25, -0.2) is 0 Å². The Morgan fingerprint density at radius 1 is 1.09 bits per heavy atom. The number of hydrogen-bond donors (Lipinski definition) is 0. The standard InChI is InChI=1S/C23H31F3N4O3/c1-4-7-30-20-14-17(5-6-18(20)19(15-21(30)31)23(24,25)26)33-16-22(32)29-12-10-28(11-13-29)9-8-27(2)3/h5-6,14-15H,4,7-13,16H2,1-3H3. The molecule has 0 aliphatic carbocycles. The van der Waals surface area contributed by atoms with Crippen LogP contribution < -0.4 is 10.3 Å². The van der Waals surface area contributed by atoms with Gasteiger partial charge < -0.3 is 19.1 Å². The number of ether oxygens (including phenoxy) is 1. The number of hydrogen-bond acceptors (Lipinski definition) is 5. The summed E-state index contributed by atoms with van der Waals surface area (Å²) in [5, 5.41) is -0.0666. The lowest BCUT2D eigenvalue weighted by Crippen LogP contribution is -2.51. The fourth-order valence-corrected chi connectivity index (χ4v) is 3.94. The van der Waals surface area contributed by atoms with Crippen molar-refractivity contribution in [3.8, 4) is 5.75 Å². The Morgan fingerprint density at radius 3 is 2.39 bits per heavy atom. The van der Waals surface area contributed by atoms with Crippen LogP contribution in [-0.2, 0) is 17.5 Å². The van der Waals surface area contributed by atoms with Crippen LogP contribution >= 0.6 is 0 Å². The topological polar surface area (TPSA) is 58.0 Å². The van der Waals surface area contributed by atoms with Crippen molar-refractivity contribution in [2.24, 2.45) is 0 Å². The van der Waals surface area contributed by atoms with Crippen LogP contribution in [0.15, 0.2) is 29.1 Å². The summed E-state index contributed by atoms with van der Waals surface area (Å²) >= 11 is 0. The van der Waals surface area contributed by atoms with Crippen LogP contribution in [-0.4, -0.2) is 85.1 Å². The molecule has 10 heteroatoms. The molecule has 0 atom stereocenters. The van der Waals surface area contributed by atoms with Gasteiger partial charge in [-0.1, -0.05) is 6.92 Å². The number of aromatic nitrogens is 1. The molecule has 1 fully saturated rings. The summed E-state index contributed by atoms with van der Waals surface area (Å²) < 4.78 is 47.3. The van der Waals surface area contributed by atoms with E-state index in [4.69, 9.17) is 4.74 Å². The average Bonchev–Trinajstić information content (AvgIpc) is 2.77. The van der Waals surface area contributed by atoms with Gasteiger partial charge in [0.15, 0.2) is 6.61 Å². The normalized spacial score (nSPS) is 15.4. The number of fused-ring (bicyclic) bond motifs is 1. The van der Waals surface area contributed by atoms with Gasteiger partial charge in [-0.2, -0.15) is 13.2 Å². The maximum absolute atomic E-state index is 13.5. The zero-order valence-corrected chi connectivity index (χ0v) is 19.3. The van der Waals surface area contributed by atoms with Crippen molar-refractivity contribution >= 4 is 16.8 Å². The van der Waals surface area contributed by atoms with Crippen molar-refractivity contribution in [2.45, 2.75) is 26.1 Å². The van der Waals surface area contributed by atoms with Crippen molar-refractivity contribution < 1.29 is 22.7 Å². The molecule has 2 aromatic rings. The molecule has 182 valence electrons. The molecule has 0 N–H and O–H groups in total. The minimum atomic E-state index is -4.64. The van der Waals surface area contributed by atoms with E-state index in [1.165, 1.54) is 22.8 Å². The van der Waals surface area contributed by atoms with Crippen molar-refractivity contribution in [3.05, 3.63) is 40.2 Å². The third kappa shape index (κ3) is 6.26. The first-order valence-electron chi connectivity index (χ1n) is 11.1. The molecule has 0 unspecified atom stereocenters. The van der Waals surface area contributed by atoms with E-state index < -0.39 is 17.3 Å². The number of amides is 1. The molecule has 1 amide bonds. The first kappa shape index (κ1) is 25.0. The number of carbonyl (C=O) groups is 1. The minimum absolute atomic E-state index is 0.0666. The zero-order chi connectivity index (χ0) is 24.2. The number of nitrogens with zero attached hydrogens (tertiary/aromatic N) is 4. The van der Waals surface area contributed by atoms with Crippen LogP contribution in [0.2, 0.25) is 0 Å². The summed E-state index contributed by atoms with van der Waals surface area (Å²) in [6, 6.07) is 4.76. The third-order valence-corrected chi connectivity index (χ3v) is 5.79. The molecule has 0 saturated carbocycles. The molecule has 0 radical (unpaired) electrons. The summed E-state index contributed by atoms with van der Waals surface area (Å²) in [7, 11) is 4.05. The number of aryl methyl sites for hydroxylation is 1. The van der Waals surface area contributed by atoms with Gasteiger partial charge in [0.1, 0.15) is 5.75 Å². The van der Waals surface area contributed by atoms with Gasteiger partial charge in [0.2, 0.25) is 0 Å². The van der Waals surface area contributed by atoms with Crippen LogP contribution in [0.4, 0.5) is 13.2 Å². The molecule has 1 aromatic heterocycles. The van der Waals surface area contributed by atoms with Crippen LogP contribution in [0.5, 0.6) is 5.75 Å². The van der Waals surface area contributed by atoms with E-state index in [1.54, 1.807) is 4.90 Å². The van der Waals surface area contributed by atoms with Crippen molar-refractivity contribution in [3.63, 3.8) is 0 Å². The second-order valence-corrected chi connectivity index (χ2v) is 8.54. The Labute approximate surface area is 191 Å². The van der Waals surface area contributed by atoms with Crippen LogP contribution in [0.3, 0.4) is 0 Å². The smallest absolute Gasteiger partial charge is 0.417 e. The number of halogens is 3. The molecular weight excluding hydrogens is 437 g/mol. The lowest BCUT2D eigenvalue weighted by molar-refractivity contribution is -0.136. The molecule has 1 aliphatic rings. The fourth-order valence-electron chi connectivity index (χ4n) is 3.94. The van der Waals surface area contributed by atoms with E-state index in [2.05, 4.69) is 9.80 Å². The minimum Gasteiger partial charge on any atom is -0.484 e. The van der Waals surface area contributed by atoms with E-state index in [0.29, 0.717) is 25.6 Å².